The van der Waals surface area contributed by atoms with E-state index >= 15 is 0 Å². The summed E-state index contributed by atoms with van der Waals surface area (Å²) in [5, 5.41) is 3.10. The lowest BCUT2D eigenvalue weighted by molar-refractivity contribution is 0.574. The van der Waals surface area contributed by atoms with Crippen LogP contribution in [0.3, 0.4) is 0 Å². The summed E-state index contributed by atoms with van der Waals surface area (Å²) < 4.78 is 38.5. The normalized spacial score (nSPS) is 11.7. The summed E-state index contributed by atoms with van der Waals surface area (Å²) in [6.45, 7) is 3.89. The van der Waals surface area contributed by atoms with Gasteiger partial charge in [0, 0.05) is 13.1 Å². The second-order valence-corrected chi connectivity index (χ2v) is 5.84. The summed E-state index contributed by atoms with van der Waals surface area (Å²) in [6, 6.07) is 5.47. The average molecular weight is 274 g/mol. The molecule has 0 saturated carbocycles. The first kappa shape index (κ1) is 15.1. The number of hydrogen-bond donors (Lipinski definition) is 2. The Labute approximate surface area is 108 Å². The molecular formula is C12H19FN2O2S. The highest BCUT2D eigenvalue weighted by molar-refractivity contribution is 7.88. The van der Waals surface area contributed by atoms with Gasteiger partial charge in [0.05, 0.1) is 5.75 Å². The fourth-order valence-corrected chi connectivity index (χ4v) is 2.59. The van der Waals surface area contributed by atoms with Gasteiger partial charge in [0.25, 0.3) is 0 Å². The summed E-state index contributed by atoms with van der Waals surface area (Å²) in [4.78, 5) is 0. The van der Waals surface area contributed by atoms with Crippen molar-refractivity contribution in [3.05, 3.63) is 35.6 Å². The van der Waals surface area contributed by atoms with Gasteiger partial charge in [0.15, 0.2) is 0 Å². The Morgan fingerprint density at radius 2 is 1.78 bits per heavy atom. The molecule has 4 nitrogen and oxygen atoms in total. The van der Waals surface area contributed by atoms with Crippen LogP contribution in [0, 0.1) is 5.82 Å². The molecule has 102 valence electrons. The number of halogens is 1. The highest BCUT2D eigenvalue weighted by atomic mass is 32.2. The van der Waals surface area contributed by atoms with Gasteiger partial charge in [-0.1, -0.05) is 19.1 Å². The molecule has 1 rings (SSSR count). The average Bonchev–Trinajstić information content (AvgIpc) is 2.31. The molecule has 0 aliphatic heterocycles. The molecule has 0 radical (unpaired) electrons. The van der Waals surface area contributed by atoms with Crippen molar-refractivity contribution in [3.8, 4) is 0 Å². The summed E-state index contributed by atoms with van der Waals surface area (Å²) in [5.74, 6) is -0.492. The highest BCUT2D eigenvalue weighted by Gasteiger charge is 2.10. The van der Waals surface area contributed by atoms with Gasteiger partial charge in [-0.15, -0.1) is 0 Å². The second-order valence-electron chi connectivity index (χ2n) is 4.03. The molecule has 0 amide bonds. The molecule has 1 aromatic rings. The van der Waals surface area contributed by atoms with Gasteiger partial charge in [-0.2, -0.15) is 0 Å². The van der Waals surface area contributed by atoms with Crippen molar-refractivity contribution in [1.29, 1.82) is 0 Å². The standard InChI is InChI=1S/C12H19FN2O2S/c1-2-7-14-8-9-15-18(16,17)10-11-3-5-12(13)6-4-11/h3-6,14-15H,2,7-10H2,1H3. The maximum atomic E-state index is 12.7. The van der Waals surface area contributed by atoms with Crippen LogP contribution in [0.15, 0.2) is 24.3 Å². The van der Waals surface area contributed by atoms with Crippen LogP contribution in [0.4, 0.5) is 4.39 Å². The monoisotopic (exact) mass is 274 g/mol. The Hall–Kier alpha value is -0.980. The topological polar surface area (TPSA) is 58.2 Å². The lowest BCUT2D eigenvalue weighted by Crippen LogP contribution is -2.32. The van der Waals surface area contributed by atoms with E-state index in [1.165, 1.54) is 24.3 Å². The Kier molecular flexibility index (Phi) is 6.24. The molecule has 18 heavy (non-hydrogen) atoms. The molecule has 0 unspecified atom stereocenters. The van der Waals surface area contributed by atoms with Gasteiger partial charge in [-0.25, -0.2) is 17.5 Å². The molecular weight excluding hydrogens is 255 g/mol. The zero-order valence-electron chi connectivity index (χ0n) is 10.4. The van der Waals surface area contributed by atoms with Gasteiger partial charge in [-0.05, 0) is 30.7 Å². The van der Waals surface area contributed by atoms with E-state index in [1.54, 1.807) is 0 Å². The van der Waals surface area contributed by atoms with Crippen LogP contribution in [-0.2, 0) is 15.8 Å². The maximum absolute atomic E-state index is 12.7. The molecule has 0 spiro atoms. The predicted molar refractivity (Wildman–Crippen MR) is 70.2 cm³/mol. The molecule has 0 aliphatic carbocycles. The Morgan fingerprint density at radius 3 is 2.39 bits per heavy atom. The van der Waals surface area contributed by atoms with Crippen LogP contribution in [0.25, 0.3) is 0 Å². The molecule has 6 heteroatoms. The number of hydrogen-bond acceptors (Lipinski definition) is 3. The molecule has 1 aromatic carbocycles. The van der Waals surface area contributed by atoms with Crippen LogP contribution >= 0.6 is 0 Å². The van der Waals surface area contributed by atoms with Gasteiger partial charge in [0.2, 0.25) is 10.0 Å². The smallest absolute Gasteiger partial charge is 0.215 e. The zero-order chi connectivity index (χ0) is 13.4. The molecule has 2 N–H and O–H groups in total. The van der Waals surface area contributed by atoms with Crippen LogP contribution in [-0.4, -0.2) is 28.1 Å². The van der Waals surface area contributed by atoms with Crippen LogP contribution < -0.4 is 10.0 Å². The maximum Gasteiger partial charge on any atom is 0.215 e. The minimum absolute atomic E-state index is 0.124. The van der Waals surface area contributed by atoms with Crippen LogP contribution in [0.1, 0.15) is 18.9 Å². The Morgan fingerprint density at radius 1 is 1.11 bits per heavy atom. The molecule has 0 aromatic heterocycles. The second kappa shape index (κ2) is 7.45. The van der Waals surface area contributed by atoms with Crippen LogP contribution in [0.5, 0.6) is 0 Å². The molecule has 0 aliphatic rings. The van der Waals surface area contributed by atoms with Gasteiger partial charge < -0.3 is 5.32 Å². The largest absolute Gasteiger partial charge is 0.315 e. The van der Waals surface area contributed by atoms with Crippen LogP contribution in [0.2, 0.25) is 0 Å². The summed E-state index contributed by atoms with van der Waals surface area (Å²) in [7, 11) is -3.35. The number of sulfonamides is 1. The van der Waals surface area contributed by atoms with E-state index in [0.717, 1.165) is 13.0 Å². The summed E-state index contributed by atoms with van der Waals surface area (Å²) in [6.07, 6.45) is 1.02. The van der Waals surface area contributed by atoms with Crippen molar-refractivity contribution in [2.24, 2.45) is 0 Å². The number of nitrogens with one attached hydrogen (secondary N) is 2. The van der Waals surface area contributed by atoms with Crippen molar-refractivity contribution < 1.29 is 12.8 Å². The van der Waals surface area contributed by atoms with E-state index in [-0.39, 0.29) is 11.6 Å². The van der Waals surface area contributed by atoms with Gasteiger partial charge in [-0.3, -0.25) is 0 Å². The van der Waals surface area contributed by atoms with E-state index in [2.05, 4.69) is 10.0 Å². The first-order chi connectivity index (χ1) is 8.53. The van der Waals surface area contributed by atoms with E-state index in [9.17, 15) is 12.8 Å². The third kappa shape index (κ3) is 6.09. The minimum atomic E-state index is -3.35. The van der Waals surface area contributed by atoms with Gasteiger partial charge in [0.1, 0.15) is 5.82 Å². The van der Waals surface area contributed by atoms with E-state index in [0.29, 0.717) is 18.7 Å². The predicted octanol–water partition coefficient (Wildman–Crippen LogP) is 1.24. The SMILES string of the molecule is CCCNCCNS(=O)(=O)Cc1ccc(F)cc1. The van der Waals surface area contributed by atoms with Crippen molar-refractivity contribution in [2.45, 2.75) is 19.1 Å². The van der Waals surface area contributed by atoms with Crippen molar-refractivity contribution >= 4 is 10.0 Å². The minimum Gasteiger partial charge on any atom is -0.315 e. The fraction of sp³-hybridized carbons (Fsp3) is 0.500. The van der Waals surface area contributed by atoms with Crippen molar-refractivity contribution in [1.82, 2.24) is 10.0 Å². The molecule has 0 saturated heterocycles. The van der Waals surface area contributed by atoms with Gasteiger partial charge >= 0.3 is 0 Å². The molecule has 0 atom stereocenters. The van der Waals surface area contributed by atoms with Crippen molar-refractivity contribution in [3.63, 3.8) is 0 Å². The number of rotatable bonds is 8. The number of benzene rings is 1. The lowest BCUT2D eigenvalue weighted by atomic mass is 10.2. The third-order valence-corrected chi connectivity index (χ3v) is 3.68. The summed E-state index contributed by atoms with van der Waals surface area (Å²) in [5.41, 5.74) is 0.574. The quantitative estimate of drug-likeness (QED) is 0.701. The fourth-order valence-electron chi connectivity index (χ4n) is 1.45. The first-order valence-electron chi connectivity index (χ1n) is 5.96. The Balaban J connectivity index is 2.37. The van der Waals surface area contributed by atoms with E-state index in [1.807, 2.05) is 6.92 Å². The summed E-state index contributed by atoms with van der Waals surface area (Å²) >= 11 is 0. The van der Waals surface area contributed by atoms with E-state index in [4.69, 9.17) is 0 Å². The zero-order valence-corrected chi connectivity index (χ0v) is 11.3. The molecule has 0 fully saturated rings. The Bertz CT molecular complexity index is 446. The third-order valence-electron chi connectivity index (χ3n) is 2.32. The highest BCUT2D eigenvalue weighted by Crippen LogP contribution is 2.06. The lowest BCUT2D eigenvalue weighted by Gasteiger charge is -2.07. The van der Waals surface area contributed by atoms with E-state index < -0.39 is 10.0 Å². The molecule has 0 bridgehead atoms. The molecule has 0 heterocycles. The first-order valence-corrected chi connectivity index (χ1v) is 7.61. The van der Waals surface area contributed by atoms with Crippen molar-refractivity contribution in [2.75, 3.05) is 19.6 Å².